The van der Waals surface area contributed by atoms with E-state index < -0.39 is 22.0 Å². The van der Waals surface area contributed by atoms with Crippen LogP contribution in [0.4, 0.5) is 5.69 Å². The average Bonchev–Trinajstić information content (AvgIpc) is 3.37. The predicted molar refractivity (Wildman–Crippen MR) is 154 cm³/mol. The van der Waals surface area contributed by atoms with Crippen molar-refractivity contribution in [3.8, 4) is 5.75 Å². The first-order chi connectivity index (χ1) is 19.6. The molecule has 11 nitrogen and oxygen atoms in total. The maximum Gasteiger partial charge on any atom is 0.307 e. The van der Waals surface area contributed by atoms with Crippen molar-refractivity contribution in [2.24, 2.45) is 0 Å². The van der Waals surface area contributed by atoms with E-state index in [1.807, 2.05) is 56.3 Å². The second-order valence-electron chi connectivity index (χ2n) is 9.84. The van der Waals surface area contributed by atoms with Gasteiger partial charge in [-0.1, -0.05) is 29.6 Å². The van der Waals surface area contributed by atoms with Gasteiger partial charge in [-0.15, -0.1) is 0 Å². The van der Waals surface area contributed by atoms with Gasteiger partial charge in [-0.2, -0.15) is 0 Å². The summed E-state index contributed by atoms with van der Waals surface area (Å²) < 4.78 is 39.7. The quantitative estimate of drug-likeness (QED) is 0.238. The second-order valence-corrected chi connectivity index (χ2v) is 11.6. The summed E-state index contributed by atoms with van der Waals surface area (Å²) in [5.74, 6) is -0.672. The number of carbonyl (C=O) groups excluding carboxylic acids is 2. The van der Waals surface area contributed by atoms with Gasteiger partial charge in [0, 0.05) is 29.8 Å². The van der Waals surface area contributed by atoms with Crippen LogP contribution in [0.2, 0.25) is 0 Å². The normalized spacial score (nSPS) is 16.2. The molecule has 4 rings (SSSR count). The molecule has 2 unspecified atom stereocenters. The first kappa shape index (κ1) is 30.4. The van der Waals surface area contributed by atoms with Gasteiger partial charge in [-0.25, -0.2) is 8.42 Å². The number of hydrogen-bond donors (Lipinski definition) is 1. The summed E-state index contributed by atoms with van der Waals surface area (Å²) in [4.78, 5) is 36.2. The number of anilines is 1. The highest BCUT2D eigenvalue weighted by Gasteiger charge is 2.40. The number of aromatic nitrogens is 1. The summed E-state index contributed by atoms with van der Waals surface area (Å²) in [5.41, 5.74) is 2.24. The zero-order valence-corrected chi connectivity index (χ0v) is 24.5. The minimum absolute atomic E-state index is 0.0500. The first-order valence-electron chi connectivity index (χ1n) is 13.5. The van der Waals surface area contributed by atoms with E-state index in [-0.39, 0.29) is 48.8 Å². The van der Waals surface area contributed by atoms with Gasteiger partial charge < -0.3 is 14.8 Å². The van der Waals surface area contributed by atoms with Crippen LogP contribution in [-0.2, 0) is 35.6 Å². The van der Waals surface area contributed by atoms with Crippen molar-refractivity contribution in [2.45, 2.75) is 50.1 Å². The smallest absolute Gasteiger partial charge is 0.307 e. The molecule has 0 bridgehead atoms. The van der Waals surface area contributed by atoms with Crippen molar-refractivity contribution >= 4 is 38.5 Å². The highest BCUT2D eigenvalue weighted by Crippen LogP contribution is 2.33. The topological polar surface area (TPSA) is 127 Å². The number of benzene rings is 2. The number of carbonyl (C=O) groups is 2. The maximum absolute atomic E-state index is 13.9. The zero-order chi connectivity index (χ0) is 29.6. The number of nitrogens with zero attached hydrogens (tertiary/aromatic N) is 3. The molecule has 0 aliphatic carbocycles. The summed E-state index contributed by atoms with van der Waals surface area (Å²) in [7, 11) is -0.647. The van der Waals surface area contributed by atoms with E-state index in [0.29, 0.717) is 18.5 Å². The Bertz CT molecular complexity index is 1490. The van der Waals surface area contributed by atoms with Crippen molar-refractivity contribution in [1.82, 2.24) is 14.4 Å². The highest BCUT2D eigenvalue weighted by molar-refractivity contribution is 7.89. The Morgan fingerprint density at radius 1 is 1.17 bits per heavy atom. The molecule has 1 aromatic heterocycles. The Morgan fingerprint density at radius 3 is 2.66 bits per heavy atom. The summed E-state index contributed by atoms with van der Waals surface area (Å²) in [6.07, 6.45) is 2.69. The molecule has 1 amide bonds. The molecule has 2 heterocycles. The number of sulfonamides is 1. The molecule has 0 spiro atoms. The van der Waals surface area contributed by atoms with Crippen molar-refractivity contribution in [2.75, 3.05) is 39.2 Å². The van der Waals surface area contributed by atoms with E-state index in [1.165, 1.54) is 18.2 Å². The number of pyridine rings is 1. The standard InChI is InChI=1S/C29H36N4O7S/c1-5-25(32(3)4)29(35)31-21-12-13-27(41(36,37)33(40-6-2)22-18-28(34)39-19-22)26(17-21)38-16-14-20-9-7-11-24-23(20)10-8-15-30-24/h7-13,15,17,22,25H,5-6,14,16,18-19H2,1-4H3,(H,31,35). The number of hydroxylamine groups is 1. The van der Waals surface area contributed by atoms with E-state index >= 15 is 0 Å². The Morgan fingerprint density at radius 2 is 1.98 bits per heavy atom. The van der Waals surface area contributed by atoms with Crippen LogP contribution >= 0.6 is 0 Å². The molecule has 0 radical (unpaired) electrons. The van der Waals surface area contributed by atoms with Crippen LogP contribution in [0.15, 0.2) is 59.6 Å². The largest absolute Gasteiger partial charge is 0.492 e. The van der Waals surface area contributed by atoms with Gasteiger partial charge in [0.05, 0.1) is 37.2 Å². The summed E-state index contributed by atoms with van der Waals surface area (Å²) in [6.45, 7) is 3.68. The third-order valence-corrected chi connectivity index (χ3v) is 8.57. The SMILES string of the molecule is CCON(C1COC(=O)C1)S(=O)(=O)c1ccc(NC(=O)C(CC)N(C)C)cc1OCCc1cccc2ncccc12. The van der Waals surface area contributed by atoms with Crippen LogP contribution < -0.4 is 10.1 Å². The molecule has 1 aliphatic rings. The van der Waals surface area contributed by atoms with Crippen LogP contribution in [0, 0.1) is 0 Å². The van der Waals surface area contributed by atoms with Crippen LogP contribution in [0.1, 0.15) is 32.3 Å². The summed E-state index contributed by atoms with van der Waals surface area (Å²) in [6, 6.07) is 12.9. The number of amides is 1. The van der Waals surface area contributed by atoms with E-state index in [4.69, 9.17) is 14.3 Å². The lowest BCUT2D eigenvalue weighted by atomic mass is 10.1. The Kier molecular flexibility index (Phi) is 9.92. The van der Waals surface area contributed by atoms with Crippen molar-refractivity contribution < 1.29 is 32.3 Å². The molecular formula is C29H36N4O7S. The fourth-order valence-electron chi connectivity index (χ4n) is 4.81. The zero-order valence-electron chi connectivity index (χ0n) is 23.7. The van der Waals surface area contributed by atoms with Gasteiger partial charge in [0.1, 0.15) is 17.3 Å². The van der Waals surface area contributed by atoms with E-state index in [2.05, 4.69) is 10.3 Å². The molecule has 12 heteroatoms. The average molecular weight is 585 g/mol. The Labute approximate surface area is 240 Å². The summed E-state index contributed by atoms with van der Waals surface area (Å²) >= 11 is 0. The molecule has 1 saturated heterocycles. The number of nitrogens with one attached hydrogen (secondary N) is 1. The lowest BCUT2D eigenvalue weighted by Crippen LogP contribution is -2.41. The van der Waals surface area contributed by atoms with Crippen LogP contribution in [0.3, 0.4) is 0 Å². The fourth-order valence-corrected chi connectivity index (χ4v) is 6.39. The predicted octanol–water partition coefficient (Wildman–Crippen LogP) is 3.39. The fraction of sp³-hybridized carbons (Fsp3) is 0.414. The Balaban J connectivity index is 1.65. The first-order valence-corrected chi connectivity index (χ1v) is 15.0. The van der Waals surface area contributed by atoms with Crippen molar-refractivity contribution in [3.63, 3.8) is 0 Å². The number of fused-ring (bicyclic) bond motifs is 1. The number of ether oxygens (including phenoxy) is 2. The van der Waals surface area contributed by atoms with Gasteiger partial charge in [-0.3, -0.25) is 24.3 Å². The van der Waals surface area contributed by atoms with Gasteiger partial charge in [0.25, 0.3) is 10.0 Å². The summed E-state index contributed by atoms with van der Waals surface area (Å²) in [5, 5.41) is 3.85. The number of likely N-dealkylation sites (N-methyl/N-ethyl adjacent to an activating group) is 1. The number of esters is 1. The molecule has 41 heavy (non-hydrogen) atoms. The molecule has 1 fully saturated rings. The molecule has 220 valence electrons. The molecule has 0 saturated carbocycles. The molecule has 2 aromatic carbocycles. The minimum atomic E-state index is -4.29. The third-order valence-electron chi connectivity index (χ3n) is 6.80. The molecule has 1 aliphatic heterocycles. The highest BCUT2D eigenvalue weighted by atomic mass is 32.2. The van der Waals surface area contributed by atoms with E-state index in [9.17, 15) is 18.0 Å². The molecule has 2 atom stereocenters. The van der Waals surface area contributed by atoms with Crippen molar-refractivity contribution in [1.29, 1.82) is 0 Å². The minimum Gasteiger partial charge on any atom is -0.492 e. The van der Waals surface area contributed by atoms with E-state index in [0.717, 1.165) is 20.9 Å². The number of cyclic esters (lactones) is 1. The van der Waals surface area contributed by atoms with Crippen LogP contribution in [-0.4, -0.2) is 80.6 Å². The molecule has 1 N–H and O–H groups in total. The van der Waals surface area contributed by atoms with Crippen LogP contribution in [0.5, 0.6) is 5.75 Å². The molecule has 3 aromatic rings. The van der Waals surface area contributed by atoms with Crippen LogP contribution in [0.25, 0.3) is 10.9 Å². The Hall–Kier alpha value is -3.58. The monoisotopic (exact) mass is 584 g/mol. The maximum atomic E-state index is 13.9. The van der Waals surface area contributed by atoms with E-state index in [1.54, 1.807) is 13.1 Å². The van der Waals surface area contributed by atoms with Crippen molar-refractivity contribution in [3.05, 3.63) is 60.3 Å². The molecular weight excluding hydrogens is 548 g/mol. The lowest BCUT2D eigenvalue weighted by Gasteiger charge is -2.26. The number of hydrogen-bond acceptors (Lipinski definition) is 9. The van der Waals surface area contributed by atoms with Gasteiger partial charge in [0.15, 0.2) is 0 Å². The third kappa shape index (κ3) is 7.02. The van der Waals surface area contributed by atoms with Gasteiger partial charge >= 0.3 is 5.97 Å². The number of rotatable bonds is 13. The van der Waals surface area contributed by atoms with Gasteiger partial charge in [0.2, 0.25) is 5.91 Å². The lowest BCUT2D eigenvalue weighted by molar-refractivity contribution is -0.138. The second kappa shape index (κ2) is 13.4. The van der Waals surface area contributed by atoms with Gasteiger partial charge in [-0.05, 0) is 57.3 Å².